The van der Waals surface area contributed by atoms with Crippen LogP contribution in [-0.2, 0) is 20.1 Å². The van der Waals surface area contributed by atoms with Gasteiger partial charge < -0.3 is 14.5 Å². The molecule has 2 aromatic heterocycles. The fourth-order valence-corrected chi connectivity index (χ4v) is 6.22. The summed E-state index contributed by atoms with van der Waals surface area (Å²) in [5, 5.41) is 15.8. The average Bonchev–Trinajstić information content (AvgIpc) is 3.33. The Bertz CT molecular complexity index is 1460. The van der Waals surface area contributed by atoms with Crippen LogP contribution in [0.15, 0.2) is 64.9 Å². The van der Waals surface area contributed by atoms with Crippen LogP contribution in [0.1, 0.15) is 64.2 Å². The Labute approximate surface area is 230 Å². The molecule has 0 saturated heterocycles. The van der Waals surface area contributed by atoms with E-state index < -0.39 is 0 Å². The van der Waals surface area contributed by atoms with Crippen LogP contribution in [0.3, 0.4) is 0 Å². The van der Waals surface area contributed by atoms with E-state index in [4.69, 9.17) is 4.42 Å². The van der Waals surface area contributed by atoms with E-state index in [1.807, 2.05) is 36.5 Å². The number of allylic oxidation sites excluding steroid dienone is 2. The van der Waals surface area contributed by atoms with Crippen LogP contribution >= 0.6 is 0 Å². The Balaban J connectivity index is 0.000000149. The maximum Gasteiger partial charge on any atom is 0.322 e. The molecule has 2 aliphatic carbocycles. The Morgan fingerprint density at radius 3 is 2.30 bits per heavy atom. The number of hydrogen-bond acceptors (Lipinski definition) is 3. The summed E-state index contributed by atoms with van der Waals surface area (Å²) in [6.45, 7) is 0. The molecule has 2 heterocycles. The third-order valence-electron chi connectivity index (χ3n) is 8.13. The van der Waals surface area contributed by atoms with E-state index >= 15 is 0 Å². The van der Waals surface area contributed by atoms with Crippen molar-refractivity contribution in [1.29, 1.82) is 0 Å². The number of pyridine rings is 1. The van der Waals surface area contributed by atoms with Crippen molar-refractivity contribution in [2.75, 3.05) is 0 Å². The largest absolute Gasteiger partial charge is 0.512 e. The number of aliphatic hydroxyl groups excluding tert-OH is 1. The molecule has 0 aliphatic heterocycles. The SMILES string of the molecule is O/C(=C\C(=[OH+])C1CCCCC1)C1CCCCC1.[Ir].[c-]1ccc2oc3cccc4c5cccnc5c1c2c34. The predicted molar refractivity (Wildman–Crippen MR) is 147 cm³/mol. The number of aliphatic hydroxyl groups is 1. The molecule has 2 aliphatic rings. The van der Waals surface area contributed by atoms with Gasteiger partial charge in [-0.25, -0.2) is 0 Å². The summed E-state index contributed by atoms with van der Waals surface area (Å²) in [5.41, 5.74) is 2.84. The van der Waals surface area contributed by atoms with E-state index in [2.05, 4.69) is 23.2 Å². The van der Waals surface area contributed by atoms with E-state index in [0.717, 1.165) is 58.5 Å². The maximum atomic E-state index is 10.1. The van der Waals surface area contributed by atoms with Gasteiger partial charge in [0.1, 0.15) is 11.3 Å². The molecule has 2 saturated carbocycles. The summed E-state index contributed by atoms with van der Waals surface area (Å²) in [6, 6.07) is 17.5. The summed E-state index contributed by atoms with van der Waals surface area (Å²) in [5.74, 6) is 1.45. The van der Waals surface area contributed by atoms with Crippen molar-refractivity contribution in [2.24, 2.45) is 11.8 Å². The van der Waals surface area contributed by atoms with Gasteiger partial charge in [-0.1, -0.05) is 68.2 Å². The smallest absolute Gasteiger partial charge is 0.322 e. The summed E-state index contributed by atoms with van der Waals surface area (Å²) >= 11 is 0. The van der Waals surface area contributed by atoms with E-state index in [0.29, 0.717) is 23.4 Å². The normalized spacial score (nSPS) is 17.7. The quantitative estimate of drug-likeness (QED) is 0.0687. The molecule has 2 fully saturated rings. The Kier molecular flexibility index (Phi) is 7.92. The van der Waals surface area contributed by atoms with Gasteiger partial charge in [0.2, 0.25) is 0 Å². The molecule has 0 unspecified atom stereocenters. The molecule has 193 valence electrons. The average molecular weight is 672 g/mol. The van der Waals surface area contributed by atoms with E-state index in [-0.39, 0.29) is 20.1 Å². The van der Waals surface area contributed by atoms with Crippen LogP contribution in [0.2, 0.25) is 0 Å². The Morgan fingerprint density at radius 2 is 1.54 bits per heavy atom. The minimum Gasteiger partial charge on any atom is -0.512 e. The zero-order valence-corrected chi connectivity index (χ0v) is 23.4. The minimum atomic E-state index is 0. The molecule has 0 amide bonds. The first kappa shape index (κ1) is 25.9. The van der Waals surface area contributed by atoms with Gasteiger partial charge >= 0.3 is 5.78 Å². The molecule has 0 bridgehead atoms. The molecule has 2 N–H and O–H groups in total. The molecule has 0 spiro atoms. The predicted octanol–water partition coefficient (Wildman–Crippen LogP) is 8.66. The fourth-order valence-electron chi connectivity index (χ4n) is 6.22. The summed E-state index contributed by atoms with van der Waals surface area (Å²) < 4.78 is 5.94. The second-order valence-electron chi connectivity index (χ2n) is 10.4. The van der Waals surface area contributed by atoms with Crippen LogP contribution in [-0.4, -0.2) is 20.7 Å². The maximum absolute atomic E-state index is 10.1. The molecule has 5 aromatic rings. The molecule has 37 heavy (non-hydrogen) atoms. The van der Waals surface area contributed by atoms with Crippen molar-refractivity contribution >= 4 is 49.4 Å². The zero-order chi connectivity index (χ0) is 24.5. The summed E-state index contributed by atoms with van der Waals surface area (Å²) in [4.78, 5) is 14.6. The van der Waals surface area contributed by atoms with Gasteiger partial charge in [-0.05, 0) is 59.5 Å². The van der Waals surface area contributed by atoms with Crippen LogP contribution in [0.4, 0.5) is 0 Å². The zero-order valence-electron chi connectivity index (χ0n) is 21.0. The third-order valence-corrected chi connectivity index (χ3v) is 8.13. The third kappa shape index (κ3) is 5.04. The monoisotopic (exact) mass is 672 g/mol. The number of fused-ring (bicyclic) bond motifs is 3. The standard InChI is InChI=1S/C17H8NO.C15H24O2.Ir/c1-4-10-11-6-3-9-18-17(11)12-5-2-8-14-16(12)15(10)13(7-1)19-14;16-14(12-7-3-1-4-8-12)11-15(17)13-9-5-2-6-10-13;/h1-4,6-9H;11-13,16H,1-10H2;/q-1;;/p+1/b;14-11-;. The van der Waals surface area contributed by atoms with E-state index in [1.165, 1.54) is 49.3 Å². The van der Waals surface area contributed by atoms with Crippen molar-refractivity contribution in [3.63, 3.8) is 0 Å². The van der Waals surface area contributed by atoms with E-state index in [1.54, 1.807) is 6.08 Å². The number of furan rings is 1. The summed E-state index contributed by atoms with van der Waals surface area (Å²) in [7, 11) is 0. The molecule has 3 aromatic carbocycles. The molecule has 4 nitrogen and oxygen atoms in total. The van der Waals surface area contributed by atoms with Gasteiger partial charge in [-0.2, -0.15) is 0 Å². The second kappa shape index (κ2) is 11.3. The van der Waals surface area contributed by atoms with Crippen molar-refractivity contribution < 1.29 is 34.4 Å². The number of nitrogens with zero attached hydrogens (tertiary/aromatic N) is 1. The van der Waals surface area contributed by atoms with Crippen LogP contribution in [0.5, 0.6) is 0 Å². The fraction of sp³-hybridized carbons (Fsp3) is 0.375. The van der Waals surface area contributed by atoms with Crippen LogP contribution in [0, 0.1) is 17.9 Å². The Hall–Kier alpha value is -2.75. The van der Waals surface area contributed by atoms with E-state index in [9.17, 15) is 9.90 Å². The number of aromatic nitrogens is 1. The topological polar surface area (TPSA) is 67.7 Å². The minimum absolute atomic E-state index is 0. The van der Waals surface area contributed by atoms with Gasteiger partial charge in [-0.15, -0.1) is 17.5 Å². The molecule has 1 radical (unpaired) electrons. The van der Waals surface area contributed by atoms with Crippen LogP contribution in [0.25, 0.3) is 43.6 Å². The van der Waals surface area contributed by atoms with Gasteiger partial charge in [0.15, 0.2) is 0 Å². The first-order chi connectivity index (χ1) is 17.7. The first-order valence-corrected chi connectivity index (χ1v) is 13.5. The van der Waals surface area contributed by atoms with Gasteiger partial charge in [0.05, 0.1) is 17.6 Å². The first-order valence-electron chi connectivity index (χ1n) is 13.5. The van der Waals surface area contributed by atoms with Crippen molar-refractivity contribution in [3.05, 3.63) is 66.6 Å². The number of ketones is 1. The molecule has 7 rings (SSSR count). The van der Waals surface area contributed by atoms with Crippen molar-refractivity contribution in [3.8, 4) is 0 Å². The number of carbonyl (C=O) groups excluding carboxylic acids is 1. The molecular formula is C32H33IrNO3. The molecular weight excluding hydrogens is 639 g/mol. The number of rotatable bonds is 3. The molecule has 5 heteroatoms. The Morgan fingerprint density at radius 1 is 0.865 bits per heavy atom. The van der Waals surface area contributed by atoms with Gasteiger partial charge in [0.25, 0.3) is 0 Å². The van der Waals surface area contributed by atoms with Crippen molar-refractivity contribution in [2.45, 2.75) is 64.2 Å². The van der Waals surface area contributed by atoms with Crippen LogP contribution < -0.4 is 0 Å². The number of hydrogen-bond donors (Lipinski definition) is 1. The van der Waals surface area contributed by atoms with Crippen molar-refractivity contribution in [1.82, 2.24) is 4.98 Å². The number of benzene rings is 3. The van der Waals surface area contributed by atoms with Gasteiger partial charge in [0, 0.05) is 32.2 Å². The summed E-state index contributed by atoms with van der Waals surface area (Å²) in [6.07, 6.45) is 15.3. The molecule has 0 atom stereocenters. The second-order valence-corrected chi connectivity index (χ2v) is 10.4. The van der Waals surface area contributed by atoms with Gasteiger partial charge in [-0.3, -0.25) is 4.79 Å².